The molecule has 0 N–H and O–H groups in total. The van der Waals surface area contributed by atoms with Gasteiger partial charge in [0.15, 0.2) is 0 Å². The normalized spacial score (nSPS) is 11.0. The summed E-state index contributed by atoms with van der Waals surface area (Å²) in [5, 5.41) is 0.369. The van der Waals surface area contributed by atoms with E-state index in [1.807, 2.05) is 0 Å². The Morgan fingerprint density at radius 1 is 1.37 bits per heavy atom. The number of hydrogen-bond donors (Lipinski definition) is 0. The second-order valence-corrected chi connectivity index (χ2v) is 5.11. The van der Waals surface area contributed by atoms with E-state index >= 15 is 0 Å². The minimum Gasteiger partial charge on any atom is -0.469 e. The lowest BCUT2D eigenvalue weighted by Gasteiger charge is -2.23. The van der Waals surface area contributed by atoms with Gasteiger partial charge < -0.3 is 9.32 Å². The first-order valence-corrected chi connectivity index (χ1v) is 6.58. The number of hydrogen-bond acceptors (Lipinski definition) is 3. The van der Waals surface area contributed by atoms with Crippen LogP contribution in [-0.4, -0.2) is 18.0 Å². The van der Waals surface area contributed by atoms with Gasteiger partial charge in [0.2, 0.25) is 0 Å². The fourth-order valence-electron chi connectivity index (χ4n) is 1.64. The van der Waals surface area contributed by atoms with Crippen LogP contribution in [0, 0.1) is 0 Å². The maximum absolute atomic E-state index is 12.7. The van der Waals surface area contributed by atoms with Crippen molar-refractivity contribution in [3.05, 3.63) is 46.0 Å². The zero-order valence-electron chi connectivity index (χ0n) is 9.69. The molecule has 0 aliphatic heterocycles. The Morgan fingerprint density at radius 2 is 2.16 bits per heavy atom. The highest BCUT2D eigenvalue weighted by Gasteiger charge is 2.17. The molecule has 0 unspecified atom stereocenters. The molecule has 0 radical (unpaired) electrons. The summed E-state index contributed by atoms with van der Waals surface area (Å²) in [6, 6.07) is 3.38. The fraction of sp³-hybridized carbons (Fsp3) is 0.250. The van der Waals surface area contributed by atoms with E-state index in [-0.39, 0.29) is 6.54 Å². The minimum atomic E-state index is -2.44. The van der Waals surface area contributed by atoms with E-state index < -0.39 is 6.43 Å². The van der Waals surface area contributed by atoms with E-state index in [1.165, 1.54) is 17.4 Å². The lowest BCUT2D eigenvalue weighted by atomic mass is 10.2. The summed E-state index contributed by atoms with van der Waals surface area (Å²) >= 11 is 8.95. The molecular formula is C12H10BrClF2N2O. The molecule has 0 atom stereocenters. The lowest BCUT2D eigenvalue weighted by molar-refractivity contribution is 0.154. The van der Waals surface area contributed by atoms with Gasteiger partial charge in [0.05, 0.1) is 16.7 Å². The largest absolute Gasteiger partial charge is 0.469 e. The third kappa shape index (κ3) is 3.91. The molecule has 102 valence electrons. The van der Waals surface area contributed by atoms with Gasteiger partial charge in [0, 0.05) is 12.7 Å². The summed E-state index contributed by atoms with van der Waals surface area (Å²) in [4.78, 5) is 5.45. The molecular weight excluding hydrogens is 341 g/mol. The molecule has 0 aliphatic carbocycles. The van der Waals surface area contributed by atoms with Crippen LogP contribution in [0.3, 0.4) is 0 Å². The lowest BCUT2D eigenvalue weighted by Crippen LogP contribution is -2.28. The third-order valence-electron chi connectivity index (χ3n) is 2.46. The van der Waals surface area contributed by atoms with Crippen molar-refractivity contribution in [1.82, 2.24) is 4.98 Å². The van der Waals surface area contributed by atoms with Crippen molar-refractivity contribution < 1.29 is 13.2 Å². The Morgan fingerprint density at radius 3 is 2.68 bits per heavy atom. The Bertz CT molecular complexity index is 533. The molecule has 0 saturated heterocycles. The van der Waals surface area contributed by atoms with Crippen molar-refractivity contribution in [2.24, 2.45) is 0 Å². The minimum absolute atomic E-state index is 0.298. The molecule has 0 bridgehead atoms. The topological polar surface area (TPSA) is 29.3 Å². The summed E-state index contributed by atoms with van der Waals surface area (Å²) in [6.45, 7) is -0.0899. The van der Waals surface area contributed by atoms with Crippen molar-refractivity contribution in [2.75, 3.05) is 11.4 Å². The predicted octanol–water partition coefficient (Wildman–Crippen LogP) is 4.36. The average molecular weight is 352 g/mol. The van der Waals surface area contributed by atoms with Crippen molar-refractivity contribution in [1.29, 1.82) is 0 Å². The number of aromatic nitrogens is 1. The Balaban J connectivity index is 2.19. The van der Waals surface area contributed by atoms with Gasteiger partial charge >= 0.3 is 0 Å². The van der Waals surface area contributed by atoms with Gasteiger partial charge in [-0.1, -0.05) is 17.7 Å². The number of furan rings is 1. The quantitative estimate of drug-likeness (QED) is 0.750. The van der Waals surface area contributed by atoms with Crippen LogP contribution in [0.5, 0.6) is 0 Å². The molecule has 3 nitrogen and oxygen atoms in total. The smallest absolute Gasteiger partial charge is 0.255 e. The van der Waals surface area contributed by atoms with Crippen LogP contribution in [0.15, 0.2) is 39.7 Å². The van der Waals surface area contributed by atoms with Gasteiger partial charge in [0.1, 0.15) is 17.7 Å². The third-order valence-corrected chi connectivity index (χ3v) is 3.27. The van der Waals surface area contributed by atoms with Gasteiger partial charge in [-0.3, -0.25) is 0 Å². The molecule has 7 heteroatoms. The van der Waals surface area contributed by atoms with Gasteiger partial charge in [-0.15, -0.1) is 0 Å². The fourth-order valence-corrected chi connectivity index (χ4v) is 2.20. The maximum Gasteiger partial charge on any atom is 0.255 e. The summed E-state index contributed by atoms with van der Waals surface area (Å²) in [6.07, 6.45) is 2.00. The van der Waals surface area contributed by atoms with E-state index in [9.17, 15) is 8.78 Å². The molecule has 2 aromatic rings. The zero-order valence-corrected chi connectivity index (χ0v) is 12.0. The van der Waals surface area contributed by atoms with Crippen molar-refractivity contribution in [2.45, 2.75) is 13.0 Å². The molecule has 0 fully saturated rings. The van der Waals surface area contributed by atoms with E-state index in [0.29, 0.717) is 21.9 Å². The number of nitrogens with zero attached hydrogens (tertiary/aromatic N) is 2. The number of anilines is 1. The standard InChI is InChI=1S/C12H10BrClF2N2O/c13-9-6-19-7-10(9)18(5-12(15)16)4-8-1-2-11(14)17-3-8/h1-3,6-7,12H,4-5H2. The van der Waals surface area contributed by atoms with Crippen LogP contribution in [0.1, 0.15) is 5.56 Å². The summed E-state index contributed by atoms with van der Waals surface area (Å²) < 4.78 is 30.9. The van der Waals surface area contributed by atoms with Gasteiger partial charge in [-0.2, -0.15) is 0 Å². The molecule has 0 amide bonds. The van der Waals surface area contributed by atoms with E-state index in [4.69, 9.17) is 16.0 Å². The first kappa shape index (κ1) is 14.3. The van der Waals surface area contributed by atoms with Crippen LogP contribution in [-0.2, 0) is 6.54 Å². The molecule has 0 spiro atoms. The second kappa shape index (κ2) is 6.34. The van der Waals surface area contributed by atoms with Crippen molar-refractivity contribution in [3.63, 3.8) is 0 Å². The van der Waals surface area contributed by atoms with Gasteiger partial charge in [0.25, 0.3) is 6.43 Å². The van der Waals surface area contributed by atoms with Gasteiger partial charge in [-0.05, 0) is 27.6 Å². The molecule has 2 heterocycles. The molecule has 0 saturated carbocycles. The molecule has 2 rings (SSSR count). The van der Waals surface area contributed by atoms with Crippen molar-refractivity contribution in [3.8, 4) is 0 Å². The number of rotatable bonds is 5. The van der Waals surface area contributed by atoms with Crippen LogP contribution in [0.25, 0.3) is 0 Å². The Labute approximate surface area is 122 Å². The van der Waals surface area contributed by atoms with Crippen LogP contribution in [0.4, 0.5) is 14.5 Å². The van der Waals surface area contributed by atoms with Crippen LogP contribution >= 0.6 is 27.5 Å². The number of halogens is 4. The predicted molar refractivity (Wildman–Crippen MR) is 72.7 cm³/mol. The molecule has 0 aromatic carbocycles. The highest BCUT2D eigenvalue weighted by atomic mass is 79.9. The summed E-state index contributed by atoms with van der Waals surface area (Å²) in [5.41, 5.74) is 1.37. The molecule has 2 aromatic heterocycles. The van der Waals surface area contributed by atoms with Crippen LogP contribution in [0.2, 0.25) is 5.15 Å². The number of pyridine rings is 1. The second-order valence-electron chi connectivity index (χ2n) is 3.87. The zero-order chi connectivity index (χ0) is 13.8. The average Bonchev–Trinajstić information content (AvgIpc) is 2.77. The first-order valence-electron chi connectivity index (χ1n) is 5.41. The van der Waals surface area contributed by atoms with E-state index in [0.717, 1.165) is 5.56 Å². The number of alkyl halides is 2. The molecule has 0 aliphatic rings. The van der Waals surface area contributed by atoms with E-state index in [2.05, 4.69) is 20.9 Å². The monoisotopic (exact) mass is 350 g/mol. The SMILES string of the molecule is FC(F)CN(Cc1ccc(Cl)nc1)c1cocc1Br. The summed E-state index contributed by atoms with van der Waals surface area (Å²) in [5.74, 6) is 0. The van der Waals surface area contributed by atoms with Crippen LogP contribution < -0.4 is 4.90 Å². The maximum atomic E-state index is 12.7. The Hall–Kier alpha value is -1.14. The van der Waals surface area contributed by atoms with Gasteiger partial charge in [-0.25, -0.2) is 13.8 Å². The van der Waals surface area contributed by atoms with E-state index in [1.54, 1.807) is 18.3 Å². The molecule has 19 heavy (non-hydrogen) atoms. The highest BCUT2D eigenvalue weighted by Crippen LogP contribution is 2.29. The first-order chi connectivity index (χ1) is 9.06. The Kier molecular flexibility index (Phi) is 4.76. The highest BCUT2D eigenvalue weighted by molar-refractivity contribution is 9.10. The summed E-state index contributed by atoms with van der Waals surface area (Å²) in [7, 11) is 0. The van der Waals surface area contributed by atoms with Crippen molar-refractivity contribution >= 4 is 33.2 Å².